The van der Waals surface area contributed by atoms with E-state index in [-0.39, 0.29) is 5.41 Å². The van der Waals surface area contributed by atoms with Crippen LogP contribution >= 0.6 is 0 Å². The highest BCUT2D eigenvalue weighted by atomic mass is 16.1. The first kappa shape index (κ1) is 9.86. The van der Waals surface area contributed by atoms with Crippen LogP contribution in [0.1, 0.15) is 52.9 Å². The lowest BCUT2D eigenvalue weighted by Gasteiger charge is -2.35. The molecule has 0 unspecified atom stereocenters. The van der Waals surface area contributed by atoms with Crippen molar-refractivity contribution in [2.45, 2.75) is 52.9 Å². The van der Waals surface area contributed by atoms with Gasteiger partial charge < -0.3 is 0 Å². The van der Waals surface area contributed by atoms with E-state index in [9.17, 15) is 4.79 Å². The third kappa shape index (κ3) is 0.976. The van der Waals surface area contributed by atoms with Gasteiger partial charge in [-0.3, -0.25) is 4.79 Å². The van der Waals surface area contributed by atoms with Crippen molar-refractivity contribution >= 4 is 5.78 Å². The molecule has 1 spiro atoms. The van der Waals surface area contributed by atoms with Crippen LogP contribution < -0.4 is 0 Å². The van der Waals surface area contributed by atoms with Crippen LogP contribution in [0.2, 0.25) is 0 Å². The minimum absolute atomic E-state index is 0.140. The molecule has 0 saturated heterocycles. The number of fused-ring (bicyclic) bond motifs is 1. The number of rotatable bonds is 0. The Bertz CT molecular complexity index is 317. The molecular weight excluding hydrogens is 184 g/mol. The second-order valence-electron chi connectivity index (χ2n) is 6.82. The second kappa shape index (κ2) is 2.67. The Balaban J connectivity index is 2.08. The highest BCUT2D eigenvalue weighted by molar-refractivity contribution is 5.88. The van der Waals surface area contributed by atoms with E-state index in [2.05, 4.69) is 20.8 Å². The molecule has 15 heavy (non-hydrogen) atoms. The summed E-state index contributed by atoms with van der Waals surface area (Å²) >= 11 is 0. The van der Waals surface area contributed by atoms with Crippen molar-refractivity contribution in [3.63, 3.8) is 0 Å². The van der Waals surface area contributed by atoms with Gasteiger partial charge in [0, 0.05) is 11.8 Å². The fourth-order valence-electron chi connectivity index (χ4n) is 5.29. The molecular formula is C14H22O. The summed E-state index contributed by atoms with van der Waals surface area (Å²) in [5, 5.41) is 0. The molecule has 1 nitrogen and oxygen atoms in total. The summed E-state index contributed by atoms with van der Waals surface area (Å²) in [6.07, 6.45) is 5.74. The summed E-state index contributed by atoms with van der Waals surface area (Å²) in [6.45, 7) is 7.24. The topological polar surface area (TPSA) is 17.1 Å². The number of hydrogen-bond donors (Lipinski definition) is 0. The number of ketones is 1. The molecule has 0 N–H and O–H groups in total. The predicted octanol–water partition coefficient (Wildman–Crippen LogP) is 3.43. The zero-order chi connectivity index (χ0) is 10.8. The first-order valence-electron chi connectivity index (χ1n) is 6.52. The molecule has 3 fully saturated rings. The van der Waals surface area contributed by atoms with Crippen molar-refractivity contribution < 1.29 is 4.79 Å². The molecule has 3 aliphatic carbocycles. The zero-order valence-corrected chi connectivity index (χ0v) is 10.2. The predicted molar refractivity (Wildman–Crippen MR) is 60.5 cm³/mol. The van der Waals surface area contributed by atoms with Crippen molar-refractivity contribution in [2.24, 2.45) is 28.6 Å². The average molecular weight is 206 g/mol. The molecule has 0 aromatic rings. The summed E-state index contributed by atoms with van der Waals surface area (Å²) < 4.78 is 0. The number of Topliss-reactive ketones (excluding diaryl/α,β-unsaturated/α-hetero) is 1. The lowest BCUT2D eigenvalue weighted by atomic mass is 9.69. The maximum absolute atomic E-state index is 12.2. The molecule has 3 aliphatic rings. The molecule has 0 heterocycles. The van der Waals surface area contributed by atoms with E-state index in [1.807, 2.05) is 0 Å². The van der Waals surface area contributed by atoms with Gasteiger partial charge in [0.05, 0.1) is 0 Å². The lowest BCUT2D eigenvalue weighted by molar-refractivity contribution is -0.128. The maximum atomic E-state index is 12.2. The van der Waals surface area contributed by atoms with Gasteiger partial charge in [-0.2, -0.15) is 0 Å². The molecule has 3 rings (SSSR count). The molecule has 0 aromatic heterocycles. The van der Waals surface area contributed by atoms with Gasteiger partial charge in [-0.05, 0) is 48.9 Å². The van der Waals surface area contributed by atoms with Crippen LogP contribution in [0.4, 0.5) is 0 Å². The Morgan fingerprint density at radius 2 is 2.00 bits per heavy atom. The minimum atomic E-state index is 0.140. The summed E-state index contributed by atoms with van der Waals surface area (Å²) in [5.74, 6) is 2.95. The molecule has 0 aliphatic heterocycles. The lowest BCUT2D eigenvalue weighted by Crippen LogP contribution is -2.32. The van der Waals surface area contributed by atoms with Crippen molar-refractivity contribution in [3.8, 4) is 0 Å². The Hall–Kier alpha value is -0.330. The molecule has 4 atom stereocenters. The summed E-state index contributed by atoms with van der Waals surface area (Å²) in [7, 11) is 0. The Labute approximate surface area is 92.6 Å². The Morgan fingerprint density at radius 3 is 2.73 bits per heavy atom. The van der Waals surface area contributed by atoms with Crippen LogP contribution in [0.5, 0.6) is 0 Å². The fourth-order valence-corrected chi connectivity index (χ4v) is 5.29. The van der Waals surface area contributed by atoms with Gasteiger partial charge in [-0.1, -0.05) is 20.8 Å². The number of carbonyl (C=O) groups is 1. The minimum Gasteiger partial charge on any atom is -0.299 e. The molecule has 0 aromatic carbocycles. The molecule has 84 valence electrons. The average Bonchev–Trinajstić information content (AvgIpc) is 2.57. The monoisotopic (exact) mass is 206 g/mol. The smallest absolute Gasteiger partial charge is 0.139 e. The largest absolute Gasteiger partial charge is 0.299 e. The zero-order valence-electron chi connectivity index (χ0n) is 10.2. The van der Waals surface area contributed by atoms with Crippen molar-refractivity contribution in [3.05, 3.63) is 0 Å². The first-order chi connectivity index (χ1) is 6.98. The van der Waals surface area contributed by atoms with Crippen LogP contribution in [-0.4, -0.2) is 5.78 Å². The summed E-state index contributed by atoms with van der Waals surface area (Å²) in [6, 6.07) is 0. The van der Waals surface area contributed by atoms with Gasteiger partial charge in [-0.15, -0.1) is 0 Å². The van der Waals surface area contributed by atoms with E-state index in [0.29, 0.717) is 17.1 Å². The van der Waals surface area contributed by atoms with Crippen LogP contribution in [0.15, 0.2) is 0 Å². The molecule has 0 radical (unpaired) electrons. The van der Waals surface area contributed by atoms with Crippen molar-refractivity contribution in [1.82, 2.24) is 0 Å². The Morgan fingerprint density at radius 1 is 1.27 bits per heavy atom. The van der Waals surface area contributed by atoms with E-state index in [1.54, 1.807) is 0 Å². The first-order valence-corrected chi connectivity index (χ1v) is 6.52. The van der Waals surface area contributed by atoms with Gasteiger partial charge in [0.25, 0.3) is 0 Å². The van der Waals surface area contributed by atoms with E-state index in [1.165, 1.54) is 25.7 Å². The highest BCUT2D eigenvalue weighted by Gasteiger charge is 2.65. The molecule has 1 heteroatoms. The maximum Gasteiger partial charge on any atom is 0.139 e. The van der Waals surface area contributed by atoms with Crippen LogP contribution in [-0.2, 0) is 4.79 Å². The van der Waals surface area contributed by atoms with Crippen LogP contribution in [0, 0.1) is 28.6 Å². The molecule has 3 saturated carbocycles. The number of carbonyl (C=O) groups excluding carboxylic acids is 1. The standard InChI is InChI=1S/C14H22O/c1-9-6-7-14-8-10(9)13(2,3)11(14)4-5-12(14)15/h9-11H,4-8H2,1-3H3/t9-,10-,11-,14+/m0/s1. The number of hydrogen-bond acceptors (Lipinski definition) is 1. The summed E-state index contributed by atoms with van der Waals surface area (Å²) in [5.41, 5.74) is 0.558. The van der Waals surface area contributed by atoms with Gasteiger partial charge in [-0.25, -0.2) is 0 Å². The molecule has 0 amide bonds. The van der Waals surface area contributed by atoms with Gasteiger partial charge >= 0.3 is 0 Å². The van der Waals surface area contributed by atoms with E-state index < -0.39 is 0 Å². The third-order valence-electron chi connectivity index (χ3n) is 6.05. The van der Waals surface area contributed by atoms with Crippen molar-refractivity contribution in [1.29, 1.82) is 0 Å². The highest BCUT2D eigenvalue weighted by Crippen LogP contribution is 2.69. The normalized spacial score (nSPS) is 51.9. The fraction of sp³-hybridized carbons (Fsp3) is 0.929. The summed E-state index contributed by atoms with van der Waals surface area (Å²) in [4.78, 5) is 12.2. The van der Waals surface area contributed by atoms with E-state index >= 15 is 0 Å². The quantitative estimate of drug-likeness (QED) is 0.593. The SMILES string of the molecule is C[C@H]1CC[C@@]23C[C@@H]1C(C)(C)[C@@H]2CCC3=O. The Kier molecular flexibility index (Phi) is 1.76. The van der Waals surface area contributed by atoms with Gasteiger partial charge in [0.15, 0.2) is 0 Å². The van der Waals surface area contributed by atoms with Gasteiger partial charge in [0.2, 0.25) is 0 Å². The van der Waals surface area contributed by atoms with E-state index in [0.717, 1.165) is 18.3 Å². The van der Waals surface area contributed by atoms with Crippen LogP contribution in [0.25, 0.3) is 0 Å². The third-order valence-corrected chi connectivity index (χ3v) is 6.05. The van der Waals surface area contributed by atoms with Gasteiger partial charge in [0.1, 0.15) is 5.78 Å². The van der Waals surface area contributed by atoms with E-state index in [4.69, 9.17) is 0 Å². The van der Waals surface area contributed by atoms with Crippen molar-refractivity contribution in [2.75, 3.05) is 0 Å². The van der Waals surface area contributed by atoms with Crippen LogP contribution in [0.3, 0.4) is 0 Å². The molecule has 2 bridgehead atoms. The second-order valence-corrected chi connectivity index (χ2v) is 6.82.